The quantitative estimate of drug-likeness (QED) is 0.482. The van der Waals surface area contributed by atoms with Crippen LogP contribution >= 0.6 is 0 Å². The van der Waals surface area contributed by atoms with E-state index < -0.39 is 0 Å². The first-order chi connectivity index (χ1) is 13.8. The predicted octanol–water partition coefficient (Wildman–Crippen LogP) is 2.79. The third kappa shape index (κ3) is 6.02. The van der Waals surface area contributed by atoms with Crippen molar-refractivity contribution in [1.29, 1.82) is 0 Å². The first-order valence-electron chi connectivity index (χ1n) is 10.3. The van der Waals surface area contributed by atoms with Crippen LogP contribution in [0.25, 0.3) is 0 Å². The van der Waals surface area contributed by atoms with Gasteiger partial charge in [-0.05, 0) is 55.5 Å². The van der Waals surface area contributed by atoms with Gasteiger partial charge in [0.15, 0.2) is 5.96 Å². The number of nitrogens with zero attached hydrogens (tertiary/aromatic N) is 2. The molecular formula is C22H32N4O2. The summed E-state index contributed by atoms with van der Waals surface area (Å²) in [7, 11) is 0. The molecule has 0 unspecified atom stereocenters. The number of nitrogens with one attached hydrogen (secondary N) is 2. The number of benzene rings is 1. The minimum Gasteiger partial charge on any atom is -0.469 e. The highest BCUT2D eigenvalue weighted by Gasteiger charge is 2.18. The largest absolute Gasteiger partial charge is 0.469 e. The number of piperidine rings is 1. The summed E-state index contributed by atoms with van der Waals surface area (Å²) in [4.78, 5) is 7.09. The van der Waals surface area contributed by atoms with Crippen LogP contribution in [0, 0.1) is 5.92 Å². The molecule has 1 saturated heterocycles. The fourth-order valence-electron chi connectivity index (χ4n) is 3.46. The fourth-order valence-corrected chi connectivity index (χ4v) is 3.46. The molecule has 2 heterocycles. The maximum Gasteiger partial charge on any atom is 0.191 e. The lowest BCUT2D eigenvalue weighted by Gasteiger charge is -2.32. The van der Waals surface area contributed by atoms with Crippen molar-refractivity contribution in [3.63, 3.8) is 0 Å². The third-order valence-electron chi connectivity index (χ3n) is 5.18. The molecule has 2 aromatic rings. The molecule has 1 aromatic heterocycles. The number of anilines is 1. The summed E-state index contributed by atoms with van der Waals surface area (Å²) in [6, 6.07) is 12.6. The lowest BCUT2D eigenvalue weighted by molar-refractivity contribution is 0.203. The summed E-state index contributed by atoms with van der Waals surface area (Å²) < 4.78 is 5.36. The second kappa shape index (κ2) is 10.8. The number of aliphatic hydroxyl groups excluding tert-OH is 1. The Bertz CT molecular complexity index is 705. The molecule has 0 spiro atoms. The number of furan rings is 1. The van der Waals surface area contributed by atoms with Crippen molar-refractivity contribution in [3.8, 4) is 0 Å². The van der Waals surface area contributed by atoms with E-state index in [1.807, 2.05) is 12.1 Å². The van der Waals surface area contributed by atoms with Crippen molar-refractivity contribution in [2.75, 3.05) is 37.7 Å². The van der Waals surface area contributed by atoms with Crippen LogP contribution in [0.5, 0.6) is 0 Å². The lowest BCUT2D eigenvalue weighted by Crippen LogP contribution is -2.38. The van der Waals surface area contributed by atoms with E-state index in [9.17, 15) is 5.11 Å². The molecule has 3 rings (SSSR count). The summed E-state index contributed by atoms with van der Waals surface area (Å²) in [5.74, 6) is 2.26. The molecule has 1 aromatic carbocycles. The Balaban J connectivity index is 1.49. The topological polar surface area (TPSA) is 73.0 Å². The Morgan fingerprint density at radius 2 is 1.96 bits per heavy atom. The van der Waals surface area contributed by atoms with Gasteiger partial charge in [0.25, 0.3) is 0 Å². The molecule has 6 heteroatoms. The van der Waals surface area contributed by atoms with Gasteiger partial charge in [-0.25, -0.2) is 4.99 Å². The maximum atomic E-state index is 9.28. The zero-order valence-electron chi connectivity index (χ0n) is 16.7. The van der Waals surface area contributed by atoms with Crippen LogP contribution in [0.15, 0.2) is 52.1 Å². The second-order valence-electron chi connectivity index (χ2n) is 7.23. The number of guanidine groups is 1. The van der Waals surface area contributed by atoms with Crippen molar-refractivity contribution in [2.24, 2.45) is 10.9 Å². The number of hydrogen-bond acceptors (Lipinski definition) is 4. The van der Waals surface area contributed by atoms with Crippen LogP contribution in [0.1, 0.15) is 31.1 Å². The van der Waals surface area contributed by atoms with Crippen LogP contribution in [-0.4, -0.2) is 43.9 Å². The molecule has 3 N–H and O–H groups in total. The monoisotopic (exact) mass is 384 g/mol. The number of aliphatic imine (C=N–C) groups is 1. The molecule has 1 fully saturated rings. The smallest absolute Gasteiger partial charge is 0.191 e. The van der Waals surface area contributed by atoms with Gasteiger partial charge in [-0.3, -0.25) is 0 Å². The van der Waals surface area contributed by atoms with Gasteiger partial charge in [-0.15, -0.1) is 0 Å². The molecule has 6 nitrogen and oxygen atoms in total. The van der Waals surface area contributed by atoms with Gasteiger partial charge in [-0.2, -0.15) is 0 Å². The molecule has 0 atom stereocenters. The summed E-state index contributed by atoms with van der Waals surface area (Å²) in [6.45, 7) is 6.67. The molecule has 28 heavy (non-hydrogen) atoms. The molecule has 152 valence electrons. The van der Waals surface area contributed by atoms with Gasteiger partial charge in [0, 0.05) is 44.9 Å². The molecule has 0 aliphatic carbocycles. The molecule has 0 bridgehead atoms. The minimum atomic E-state index is 0.314. The van der Waals surface area contributed by atoms with Crippen molar-refractivity contribution in [2.45, 2.75) is 32.7 Å². The van der Waals surface area contributed by atoms with Gasteiger partial charge in [0.05, 0.1) is 12.8 Å². The van der Waals surface area contributed by atoms with Gasteiger partial charge >= 0.3 is 0 Å². The van der Waals surface area contributed by atoms with Crippen molar-refractivity contribution in [3.05, 3.63) is 54.0 Å². The molecule has 1 aliphatic heterocycles. The summed E-state index contributed by atoms with van der Waals surface area (Å²) in [5.41, 5.74) is 2.45. The van der Waals surface area contributed by atoms with Crippen LogP contribution in [0.3, 0.4) is 0 Å². The van der Waals surface area contributed by atoms with E-state index >= 15 is 0 Å². The lowest BCUT2D eigenvalue weighted by atomic mass is 9.97. The zero-order valence-corrected chi connectivity index (χ0v) is 16.7. The third-order valence-corrected chi connectivity index (χ3v) is 5.18. The Kier molecular flexibility index (Phi) is 7.79. The van der Waals surface area contributed by atoms with Crippen molar-refractivity contribution < 1.29 is 9.52 Å². The molecule has 0 amide bonds. The minimum absolute atomic E-state index is 0.314. The van der Waals surface area contributed by atoms with Gasteiger partial charge in [-0.1, -0.05) is 12.1 Å². The standard InChI is InChI=1S/C22H32N4O2/c1-2-23-22(24-12-9-21-4-3-15-28-21)25-16-18-5-7-20(8-6-18)26-13-10-19(17-27)11-14-26/h3-8,15,19,27H,2,9-14,16-17H2,1H3,(H2,23,24,25). The van der Waals surface area contributed by atoms with Gasteiger partial charge < -0.3 is 25.1 Å². The summed E-state index contributed by atoms with van der Waals surface area (Å²) in [6.07, 6.45) is 4.67. The maximum absolute atomic E-state index is 9.28. The highest BCUT2D eigenvalue weighted by atomic mass is 16.3. The van der Waals surface area contributed by atoms with E-state index in [1.165, 1.54) is 11.3 Å². The summed E-state index contributed by atoms with van der Waals surface area (Å²) in [5, 5.41) is 15.9. The van der Waals surface area contributed by atoms with Crippen LogP contribution in [0.4, 0.5) is 5.69 Å². The normalized spacial score (nSPS) is 15.6. The van der Waals surface area contributed by atoms with Crippen LogP contribution < -0.4 is 15.5 Å². The number of rotatable bonds is 8. The first kappa shape index (κ1) is 20.3. The Labute approximate surface area is 167 Å². The van der Waals surface area contributed by atoms with Crippen molar-refractivity contribution >= 4 is 11.6 Å². The average Bonchev–Trinajstić information content (AvgIpc) is 3.26. The predicted molar refractivity (Wildman–Crippen MR) is 114 cm³/mol. The van der Waals surface area contributed by atoms with Crippen LogP contribution in [-0.2, 0) is 13.0 Å². The Morgan fingerprint density at radius 1 is 1.18 bits per heavy atom. The van der Waals surface area contributed by atoms with Crippen molar-refractivity contribution in [1.82, 2.24) is 10.6 Å². The van der Waals surface area contributed by atoms with E-state index in [4.69, 9.17) is 4.42 Å². The van der Waals surface area contributed by atoms with E-state index in [0.29, 0.717) is 19.1 Å². The highest BCUT2D eigenvalue weighted by molar-refractivity contribution is 5.79. The van der Waals surface area contributed by atoms with Gasteiger partial charge in [0.2, 0.25) is 0 Å². The molecular weight excluding hydrogens is 352 g/mol. The molecule has 0 saturated carbocycles. The SMILES string of the molecule is CCNC(=NCc1ccc(N2CCC(CO)CC2)cc1)NCCc1ccco1. The van der Waals surface area contributed by atoms with Crippen LogP contribution in [0.2, 0.25) is 0 Å². The van der Waals surface area contributed by atoms with E-state index in [2.05, 4.69) is 51.7 Å². The molecule has 1 aliphatic rings. The first-order valence-corrected chi connectivity index (χ1v) is 10.3. The number of hydrogen-bond donors (Lipinski definition) is 3. The number of aliphatic hydroxyl groups is 1. The highest BCUT2D eigenvalue weighted by Crippen LogP contribution is 2.23. The summed E-state index contributed by atoms with van der Waals surface area (Å²) >= 11 is 0. The molecule has 0 radical (unpaired) electrons. The van der Waals surface area contributed by atoms with E-state index in [0.717, 1.165) is 57.2 Å². The Morgan fingerprint density at radius 3 is 2.61 bits per heavy atom. The van der Waals surface area contributed by atoms with E-state index in [-0.39, 0.29) is 0 Å². The Hall–Kier alpha value is -2.47. The second-order valence-corrected chi connectivity index (χ2v) is 7.23. The van der Waals surface area contributed by atoms with E-state index in [1.54, 1.807) is 6.26 Å². The fraction of sp³-hybridized carbons (Fsp3) is 0.500. The van der Waals surface area contributed by atoms with Gasteiger partial charge in [0.1, 0.15) is 5.76 Å². The zero-order chi connectivity index (χ0) is 19.6. The average molecular weight is 385 g/mol.